The van der Waals surface area contributed by atoms with E-state index in [1.807, 2.05) is 0 Å². The van der Waals surface area contributed by atoms with Crippen LogP contribution in [0.2, 0.25) is 4.34 Å². The second kappa shape index (κ2) is 17.3. The van der Waals surface area contributed by atoms with Crippen molar-refractivity contribution in [3.63, 3.8) is 0 Å². The van der Waals surface area contributed by atoms with Crippen molar-refractivity contribution in [3.05, 3.63) is 67.0 Å². The van der Waals surface area contributed by atoms with E-state index in [9.17, 15) is 39.9 Å². The van der Waals surface area contributed by atoms with Gasteiger partial charge in [-0.1, -0.05) is 43.0 Å². The largest absolute Gasteiger partial charge is 0.481 e. The second-order valence-corrected chi connectivity index (χ2v) is 20.4. The number of aliphatic carboxylic acids is 1. The summed E-state index contributed by atoms with van der Waals surface area (Å²) < 4.78 is 97.1. The van der Waals surface area contributed by atoms with Crippen molar-refractivity contribution < 1.29 is 39.9 Å². The molecule has 2 fully saturated rings. The lowest BCUT2D eigenvalue weighted by Gasteiger charge is -2.34. The summed E-state index contributed by atoms with van der Waals surface area (Å²) in [5.74, 6) is 0.361. The van der Waals surface area contributed by atoms with Crippen molar-refractivity contribution in [1.82, 2.24) is 14.0 Å². The lowest BCUT2D eigenvalue weighted by atomic mass is 9.87. The molecule has 0 amide bonds. The first-order valence-electron chi connectivity index (χ1n) is 16.7. The molecule has 1 aromatic carbocycles. The number of hydrogen-bond donors (Lipinski definition) is 2. The summed E-state index contributed by atoms with van der Waals surface area (Å²) in [4.78, 5) is 17.8. The lowest BCUT2D eigenvalue weighted by Crippen LogP contribution is -2.38. The predicted molar refractivity (Wildman–Crippen MR) is 201 cm³/mol. The Balaban J connectivity index is 1.08. The molecule has 2 saturated heterocycles. The van der Waals surface area contributed by atoms with Crippen molar-refractivity contribution in [2.24, 2.45) is 11.8 Å². The molecule has 286 valence electrons. The third-order valence-electron chi connectivity index (χ3n) is 9.54. The van der Waals surface area contributed by atoms with E-state index in [1.54, 1.807) is 10.4 Å². The molecule has 2 aliphatic rings. The molecule has 0 aliphatic carbocycles. The normalized spacial score (nSPS) is 17.8. The molecular formula is C33H38Br2ClF3N4O6S3. The fourth-order valence-electron chi connectivity index (χ4n) is 6.71. The highest BCUT2D eigenvalue weighted by Gasteiger charge is 2.33. The third-order valence-corrected chi connectivity index (χ3v) is 16.4. The number of nitrogens with zero attached hydrogens (tertiary/aromatic N) is 3. The molecule has 3 aromatic rings. The number of thiophene rings is 1. The van der Waals surface area contributed by atoms with Gasteiger partial charge < -0.3 is 10.0 Å². The van der Waals surface area contributed by atoms with Crippen molar-refractivity contribution >= 4 is 86.6 Å². The molecule has 0 spiro atoms. The van der Waals surface area contributed by atoms with Crippen LogP contribution >= 0.6 is 54.8 Å². The lowest BCUT2D eigenvalue weighted by molar-refractivity contribution is -0.138. The first-order chi connectivity index (χ1) is 24.4. The fraction of sp³-hybridized carbons (Fsp3) is 0.515. The number of carboxylic acids is 1. The molecule has 1 unspecified atom stereocenters. The minimum Gasteiger partial charge on any atom is -0.481 e. The summed E-state index contributed by atoms with van der Waals surface area (Å²) in [7, 11) is -7.77. The molecule has 2 aliphatic heterocycles. The van der Waals surface area contributed by atoms with Crippen molar-refractivity contribution in [1.29, 1.82) is 0 Å². The highest BCUT2D eigenvalue weighted by Crippen LogP contribution is 2.38. The van der Waals surface area contributed by atoms with Gasteiger partial charge in [0.05, 0.1) is 16.5 Å². The van der Waals surface area contributed by atoms with E-state index in [2.05, 4.69) is 46.5 Å². The molecule has 1 atom stereocenters. The number of carboxylic acid groups (broad SMARTS) is 1. The molecule has 0 saturated carbocycles. The minimum absolute atomic E-state index is 0.126. The number of halogens is 6. The number of anilines is 1. The van der Waals surface area contributed by atoms with Gasteiger partial charge in [0.25, 0.3) is 10.0 Å². The number of carbonyl (C=O) groups is 1. The number of aromatic nitrogens is 1. The predicted octanol–water partition coefficient (Wildman–Crippen LogP) is 8.19. The molecule has 4 heterocycles. The molecule has 2 N–H and O–H groups in total. The van der Waals surface area contributed by atoms with Gasteiger partial charge in [-0.2, -0.15) is 17.5 Å². The zero-order chi connectivity index (χ0) is 37.8. The number of piperidine rings is 2. The van der Waals surface area contributed by atoms with E-state index in [4.69, 9.17) is 11.6 Å². The van der Waals surface area contributed by atoms with Gasteiger partial charge in [-0.25, -0.2) is 26.5 Å². The smallest absolute Gasteiger partial charge is 0.416 e. The Morgan fingerprint density at radius 1 is 0.981 bits per heavy atom. The number of pyridine rings is 1. The topological polar surface area (TPSA) is 137 Å². The number of nitrogens with one attached hydrogen (secondary N) is 1. The van der Waals surface area contributed by atoms with Gasteiger partial charge >= 0.3 is 12.1 Å². The number of rotatable bonds is 14. The Morgan fingerprint density at radius 2 is 1.58 bits per heavy atom. The average molecular weight is 935 g/mol. The van der Waals surface area contributed by atoms with Gasteiger partial charge in [0.1, 0.15) is 19.3 Å². The molecule has 0 bridgehead atoms. The van der Waals surface area contributed by atoms with Crippen LogP contribution in [-0.4, -0.2) is 69.4 Å². The average Bonchev–Trinajstić information content (AvgIpc) is 3.43. The maximum absolute atomic E-state index is 13.3. The van der Waals surface area contributed by atoms with Crippen LogP contribution in [0.4, 0.5) is 19.0 Å². The summed E-state index contributed by atoms with van der Waals surface area (Å²) in [6, 6.07) is 6.01. The molecule has 0 radical (unpaired) electrons. The van der Waals surface area contributed by atoms with Crippen molar-refractivity contribution in [3.8, 4) is 0 Å². The first-order valence-corrected chi connectivity index (χ1v) is 22.4. The maximum Gasteiger partial charge on any atom is 0.416 e. The Hall–Kier alpha value is -1.80. The van der Waals surface area contributed by atoms with Crippen LogP contribution in [-0.2, 0) is 37.4 Å². The van der Waals surface area contributed by atoms with Crippen molar-refractivity contribution in [2.45, 2.75) is 79.1 Å². The summed E-state index contributed by atoms with van der Waals surface area (Å²) in [5.41, 5.74) is -0.508. The van der Waals surface area contributed by atoms with Crippen LogP contribution in [0.25, 0.3) is 0 Å². The van der Waals surface area contributed by atoms with Crippen LogP contribution in [0.15, 0.2) is 60.6 Å². The van der Waals surface area contributed by atoms with E-state index in [1.165, 1.54) is 24.4 Å². The summed E-state index contributed by atoms with van der Waals surface area (Å²) in [6.45, 7) is 2.49. The number of sulfonamides is 2. The van der Waals surface area contributed by atoms with Crippen LogP contribution in [0.1, 0.15) is 62.5 Å². The quantitative estimate of drug-likeness (QED) is 0.165. The van der Waals surface area contributed by atoms with E-state index in [0.29, 0.717) is 49.6 Å². The van der Waals surface area contributed by atoms with Crippen LogP contribution in [0.5, 0.6) is 0 Å². The highest BCUT2D eigenvalue weighted by molar-refractivity contribution is 9.11. The molecule has 52 heavy (non-hydrogen) atoms. The summed E-state index contributed by atoms with van der Waals surface area (Å²) in [5, 5.41) is 9.37. The third kappa shape index (κ3) is 10.7. The highest BCUT2D eigenvalue weighted by atomic mass is 79.9. The van der Waals surface area contributed by atoms with E-state index in [-0.39, 0.29) is 15.5 Å². The van der Waals surface area contributed by atoms with Gasteiger partial charge in [0.15, 0.2) is 0 Å². The van der Waals surface area contributed by atoms with Crippen LogP contribution in [0.3, 0.4) is 0 Å². The fourth-order valence-corrected chi connectivity index (χ4v) is 12.6. The van der Waals surface area contributed by atoms with E-state index in [0.717, 1.165) is 81.5 Å². The monoisotopic (exact) mass is 932 g/mol. The number of benzene rings is 1. The second-order valence-electron chi connectivity index (χ2n) is 13.2. The van der Waals surface area contributed by atoms with Crippen molar-refractivity contribution in [2.75, 3.05) is 31.1 Å². The number of alkyl halides is 3. The standard InChI is InChI=1S/C33H38Br2ClF3N4O6S3/c34-27-19-30(50-31(27)36)52(48,49)43-14-10-22(11-15-43)3-1-2-21-8-12-42(13-9-21)32-28(35)18-26(20-40-32)51(46,47)41-25(17-29(44)45)16-23-4-6-24(7-5-23)33(37,38)39/h4-7,18-22,25,41H,1-3,8-17H2,(H,44,45). The zero-order valence-electron chi connectivity index (χ0n) is 27.8. The van der Waals surface area contributed by atoms with Gasteiger partial charge in [-0.15, -0.1) is 11.3 Å². The van der Waals surface area contributed by atoms with Crippen LogP contribution in [0, 0.1) is 11.8 Å². The van der Waals surface area contributed by atoms with Gasteiger partial charge in [0.2, 0.25) is 10.0 Å². The van der Waals surface area contributed by atoms with E-state index < -0.39 is 50.2 Å². The van der Waals surface area contributed by atoms with Gasteiger partial charge in [-0.05, 0) is 106 Å². The number of hydrogen-bond acceptors (Lipinski definition) is 8. The molecular weight excluding hydrogens is 897 g/mol. The SMILES string of the molecule is O=C(O)CC(Cc1ccc(C(F)(F)F)cc1)NS(=O)(=O)c1cnc(N2CCC(CCCC3CCN(S(=O)(=O)c4cc(Br)c(Cl)s4)CC3)CC2)c(Br)c1. The molecule has 5 rings (SSSR count). The Morgan fingerprint density at radius 3 is 2.10 bits per heavy atom. The Kier molecular flexibility index (Phi) is 13.8. The molecule has 2 aromatic heterocycles. The maximum atomic E-state index is 13.3. The van der Waals surface area contributed by atoms with E-state index >= 15 is 0 Å². The Bertz CT molecular complexity index is 1920. The Labute approximate surface area is 327 Å². The van der Waals surface area contributed by atoms with Gasteiger partial charge in [0, 0.05) is 42.9 Å². The first kappa shape index (κ1) is 41.4. The summed E-state index contributed by atoms with van der Waals surface area (Å²) >= 11 is 13.9. The molecule has 10 nitrogen and oxygen atoms in total. The van der Waals surface area contributed by atoms with Crippen LogP contribution < -0.4 is 9.62 Å². The zero-order valence-corrected chi connectivity index (χ0v) is 34.2. The minimum atomic E-state index is -4.53. The summed E-state index contributed by atoms with van der Waals surface area (Å²) in [6.07, 6.45) is 2.76. The molecule has 19 heteroatoms. The van der Waals surface area contributed by atoms with Gasteiger partial charge in [-0.3, -0.25) is 4.79 Å².